The van der Waals surface area contributed by atoms with E-state index in [1.807, 2.05) is 0 Å². The third-order valence-corrected chi connectivity index (χ3v) is 5.24. The Hall–Kier alpha value is -3.06. The number of aromatic hydroxyl groups is 1. The summed E-state index contributed by atoms with van der Waals surface area (Å²) in [5.41, 5.74) is 0.540. The van der Waals surface area contributed by atoms with Crippen LogP contribution in [0.1, 0.15) is 15.9 Å². The van der Waals surface area contributed by atoms with Crippen LogP contribution in [0.5, 0.6) is 5.75 Å². The van der Waals surface area contributed by atoms with Gasteiger partial charge in [-0.3, -0.25) is 4.72 Å². The lowest BCUT2D eigenvalue weighted by molar-refractivity contribution is 0.0698. The maximum Gasteiger partial charge on any atom is 0.337 e. The van der Waals surface area contributed by atoms with Crippen molar-refractivity contribution in [3.63, 3.8) is 0 Å². The molecule has 0 unspecified atom stereocenters. The maximum atomic E-state index is 12.6. The first-order valence-electron chi connectivity index (χ1n) is 7.37. The van der Waals surface area contributed by atoms with E-state index < -0.39 is 16.0 Å². The van der Waals surface area contributed by atoms with Gasteiger partial charge in [0, 0.05) is 5.39 Å². The van der Waals surface area contributed by atoms with Crippen LogP contribution in [0, 0.1) is 6.92 Å². The molecule has 3 N–H and O–H groups in total. The first-order valence-corrected chi connectivity index (χ1v) is 8.85. The second-order valence-corrected chi connectivity index (χ2v) is 7.25. The van der Waals surface area contributed by atoms with Crippen molar-refractivity contribution in [2.24, 2.45) is 0 Å². The summed E-state index contributed by atoms with van der Waals surface area (Å²) in [6.07, 6.45) is 0. The second-order valence-electron chi connectivity index (χ2n) is 5.57. The van der Waals surface area contributed by atoms with Crippen molar-refractivity contribution >= 4 is 32.5 Å². The molecule has 128 valence electrons. The van der Waals surface area contributed by atoms with E-state index in [0.717, 1.165) is 0 Å². The lowest BCUT2D eigenvalue weighted by atomic mass is 10.1. The zero-order valence-electron chi connectivity index (χ0n) is 13.2. The molecule has 0 aliphatic rings. The predicted molar refractivity (Wildman–Crippen MR) is 94.6 cm³/mol. The lowest BCUT2D eigenvalue weighted by Gasteiger charge is -2.12. The third-order valence-electron chi connectivity index (χ3n) is 3.88. The molecule has 0 bridgehead atoms. The number of aryl methyl sites for hydroxylation is 1. The summed E-state index contributed by atoms with van der Waals surface area (Å²) in [7, 11) is -3.98. The minimum Gasteiger partial charge on any atom is -0.507 e. The van der Waals surface area contributed by atoms with E-state index in [1.54, 1.807) is 25.1 Å². The highest BCUT2D eigenvalue weighted by molar-refractivity contribution is 7.92. The molecule has 0 aliphatic carbocycles. The van der Waals surface area contributed by atoms with Gasteiger partial charge in [0.05, 0.1) is 16.1 Å². The van der Waals surface area contributed by atoms with Crippen molar-refractivity contribution < 1.29 is 23.4 Å². The molecule has 0 saturated carbocycles. The van der Waals surface area contributed by atoms with Gasteiger partial charge in [-0.2, -0.15) is 0 Å². The van der Waals surface area contributed by atoms with Crippen LogP contribution in [0.3, 0.4) is 0 Å². The Morgan fingerprint density at radius 2 is 1.76 bits per heavy atom. The number of phenolic OH excluding ortho intramolecular Hbond substituents is 1. The van der Waals surface area contributed by atoms with E-state index in [-0.39, 0.29) is 21.9 Å². The summed E-state index contributed by atoms with van der Waals surface area (Å²) in [6, 6.07) is 13.5. The van der Waals surface area contributed by atoms with Gasteiger partial charge < -0.3 is 10.2 Å². The number of carbonyl (C=O) groups is 1. The summed E-state index contributed by atoms with van der Waals surface area (Å²) in [6.45, 7) is 1.75. The highest BCUT2D eigenvalue weighted by Gasteiger charge is 2.19. The molecule has 3 aromatic rings. The van der Waals surface area contributed by atoms with Gasteiger partial charge in [0.1, 0.15) is 5.75 Å². The fraction of sp³-hybridized carbons (Fsp3) is 0.0556. The van der Waals surface area contributed by atoms with E-state index >= 15 is 0 Å². The van der Waals surface area contributed by atoms with Gasteiger partial charge in [-0.25, -0.2) is 13.2 Å². The van der Waals surface area contributed by atoms with Crippen molar-refractivity contribution in [2.45, 2.75) is 11.8 Å². The summed E-state index contributed by atoms with van der Waals surface area (Å²) < 4.78 is 27.5. The summed E-state index contributed by atoms with van der Waals surface area (Å²) in [5, 5.41) is 20.3. The first kappa shape index (κ1) is 16.8. The van der Waals surface area contributed by atoms with Gasteiger partial charge in [0.2, 0.25) is 0 Å². The van der Waals surface area contributed by atoms with Crippen molar-refractivity contribution in [1.29, 1.82) is 0 Å². The SMILES string of the molecule is Cc1ccc2cc(S(=O)(=O)Nc3ccccc3C(=O)O)ccc2c1O. The summed E-state index contributed by atoms with van der Waals surface area (Å²) in [5.74, 6) is -1.12. The summed E-state index contributed by atoms with van der Waals surface area (Å²) >= 11 is 0. The molecule has 3 rings (SSSR count). The molecule has 3 aromatic carbocycles. The average molecular weight is 357 g/mol. The molecule has 0 heterocycles. The number of carboxylic acid groups (broad SMARTS) is 1. The van der Waals surface area contributed by atoms with Crippen LogP contribution < -0.4 is 4.72 Å². The fourth-order valence-electron chi connectivity index (χ4n) is 2.53. The molecule has 6 nitrogen and oxygen atoms in total. The molecule has 0 atom stereocenters. The molecule has 0 aromatic heterocycles. The highest BCUT2D eigenvalue weighted by Crippen LogP contribution is 2.30. The van der Waals surface area contributed by atoms with E-state index in [2.05, 4.69) is 4.72 Å². The van der Waals surface area contributed by atoms with Crippen LogP contribution >= 0.6 is 0 Å². The number of para-hydroxylation sites is 1. The Morgan fingerprint density at radius 1 is 1.04 bits per heavy atom. The Balaban J connectivity index is 2.05. The molecule has 7 heteroatoms. The quantitative estimate of drug-likeness (QED) is 0.664. The van der Waals surface area contributed by atoms with Crippen molar-refractivity contribution in [1.82, 2.24) is 0 Å². The van der Waals surface area contributed by atoms with Crippen LogP contribution in [-0.4, -0.2) is 24.6 Å². The molecule has 0 spiro atoms. The van der Waals surface area contributed by atoms with E-state index in [1.165, 1.54) is 36.4 Å². The molecule has 0 radical (unpaired) electrons. The molecule has 0 aliphatic heterocycles. The number of rotatable bonds is 4. The van der Waals surface area contributed by atoms with Crippen LogP contribution in [-0.2, 0) is 10.0 Å². The molecule has 25 heavy (non-hydrogen) atoms. The Morgan fingerprint density at radius 3 is 2.48 bits per heavy atom. The number of hydrogen-bond donors (Lipinski definition) is 3. The standard InChI is InChI=1S/C18H15NO5S/c1-11-6-7-12-10-13(8-9-14(12)17(11)20)25(23,24)19-16-5-3-2-4-15(16)18(21)22/h2-10,19-20H,1H3,(H,21,22). The lowest BCUT2D eigenvalue weighted by Crippen LogP contribution is -2.15. The number of fused-ring (bicyclic) bond motifs is 1. The molecule has 0 fully saturated rings. The predicted octanol–water partition coefficient (Wildman–Crippen LogP) is 3.35. The number of aromatic carboxylic acids is 1. The Bertz CT molecular complexity index is 1090. The van der Waals surface area contributed by atoms with Gasteiger partial charge in [0.25, 0.3) is 10.0 Å². The van der Waals surface area contributed by atoms with Crippen molar-refractivity contribution in [2.75, 3.05) is 4.72 Å². The number of carboxylic acids is 1. The molecule has 0 amide bonds. The molecular weight excluding hydrogens is 342 g/mol. The van der Waals surface area contributed by atoms with E-state index in [0.29, 0.717) is 16.3 Å². The topological polar surface area (TPSA) is 104 Å². The van der Waals surface area contributed by atoms with Gasteiger partial charge in [-0.1, -0.05) is 24.3 Å². The van der Waals surface area contributed by atoms with Gasteiger partial charge in [-0.05, 0) is 48.2 Å². The maximum absolute atomic E-state index is 12.6. The molecular formula is C18H15NO5S. The van der Waals surface area contributed by atoms with E-state index in [4.69, 9.17) is 5.11 Å². The highest BCUT2D eigenvalue weighted by atomic mass is 32.2. The molecule has 0 saturated heterocycles. The largest absolute Gasteiger partial charge is 0.507 e. The fourth-order valence-corrected chi connectivity index (χ4v) is 3.64. The van der Waals surface area contributed by atoms with Crippen LogP contribution in [0.25, 0.3) is 10.8 Å². The van der Waals surface area contributed by atoms with Gasteiger partial charge >= 0.3 is 5.97 Å². The minimum absolute atomic E-state index is 0.0122. The number of phenols is 1. The zero-order chi connectivity index (χ0) is 18.2. The number of hydrogen-bond acceptors (Lipinski definition) is 4. The van der Waals surface area contributed by atoms with Crippen LogP contribution in [0.2, 0.25) is 0 Å². The van der Waals surface area contributed by atoms with Crippen molar-refractivity contribution in [3.05, 3.63) is 65.7 Å². The smallest absolute Gasteiger partial charge is 0.337 e. The normalized spacial score (nSPS) is 11.4. The number of anilines is 1. The van der Waals surface area contributed by atoms with Crippen LogP contribution in [0.15, 0.2) is 59.5 Å². The number of sulfonamides is 1. The Kier molecular flexibility index (Phi) is 4.10. The van der Waals surface area contributed by atoms with Crippen LogP contribution in [0.4, 0.5) is 5.69 Å². The van der Waals surface area contributed by atoms with E-state index in [9.17, 15) is 18.3 Å². The Labute approximate surface area is 144 Å². The number of benzene rings is 3. The average Bonchev–Trinajstić information content (AvgIpc) is 2.58. The zero-order valence-corrected chi connectivity index (χ0v) is 14.0. The summed E-state index contributed by atoms with van der Waals surface area (Å²) in [4.78, 5) is 11.2. The first-order chi connectivity index (χ1) is 11.8. The second kappa shape index (κ2) is 6.10. The van der Waals surface area contributed by atoms with Gasteiger partial charge in [-0.15, -0.1) is 0 Å². The van der Waals surface area contributed by atoms with Crippen molar-refractivity contribution in [3.8, 4) is 5.75 Å². The van der Waals surface area contributed by atoms with Gasteiger partial charge in [0.15, 0.2) is 0 Å². The third kappa shape index (κ3) is 3.14. The number of nitrogens with one attached hydrogen (secondary N) is 1. The monoisotopic (exact) mass is 357 g/mol. The minimum atomic E-state index is -3.98.